The van der Waals surface area contributed by atoms with Crippen molar-refractivity contribution in [3.8, 4) is 0 Å². The molecule has 1 aliphatic rings. The molecule has 3 nitrogen and oxygen atoms in total. The van der Waals surface area contributed by atoms with Crippen molar-refractivity contribution in [2.24, 2.45) is 0 Å². The van der Waals surface area contributed by atoms with E-state index < -0.39 is 0 Å². The van der Waals surface area contributed by atoms with Crippen LogP contribution in [0.5, 0.6) is 0 Å². The van der Waals surface area contributed by atoms with Gasteiger partial charge in [-0.05, 0) is 5.56 Å². The first-order chi connectivity index (χ1) is 6.45. The Balaban J connectivity index is 1.61. The highest BCUT2D eigenvalue weighted by Gasteiger charge is 2.22. The molecule has 0 N–H and O–H groups in total. The average Bonchev–Trinajstić information content (AvgIpc) is 2.98. The number of rotatable bonds is 5. The van der Waals surface area contributed by atoms with Crippen molar-refractivity contribution in [2.75, 3.05) is 13.2 Å². The summed E-state index contributed by atoms with van der Waals surface area (Å²) in [5.74, 6) is 0. The van der Waals surface area contributed by atoms with Gasteiger partial charge >= 0.3 is 0 Å². The maximum absolute atomic E-state index is 4.99. The van der Waals surface area contributed by atoms with Crippen molar-refractivity contribution in [1.82, 2.24) is 0 Å². The summed E-state index contributed by atoms with van der Waals surface area (Å²) in [6, 6.07) is 9.92. The van der Waals surface area contributed by atoms with E-state index in [9.17, 15) is 0 Å². The van der Waals surface area contributed by atoms with Crippen molar-refractivity contribution >= 4 is 0 Å². The Hall–Kier alpha value is -0.900. The van der Waals surface area contributed by atoms with Crippen LogP contribution in [-0.2, 0) is 21.1 Å². The Kier molecular flexibility index (Phi) is 2.92. The summed E-state index contributed by atoms with van der Waals surface area (Å²) in [5, 5.41) is 0. The molecule has 1 saturated heterocycles. The molecule has 1 fully saturated rings. The molecule has 1 aliphatic heterocycles. The second kappa shape index (κ2) is 4.37. The molecule has 0 aliphatic carbocycles. The molecule has 0 bridgehead atoms. The zero-order valence-electron chi connectivity index (χ0n) is 7.31. The highest BCUT2D eigenvalue weighted by Crippen LogP contribution is 2.09. The maximum Gasteiger partial charge on any atom is 0.111 e. The minimum absolute atomic E-state index is 0.260. The van der Waals surface area contributed by atoms with Gasteiger partial charge in [-0.2, -0.15) is 0 Å². The van der Waals surface area contributed by atoms with E-state index in [0.29, 0.717) is 13.2 Å². The fraction of sp³-hybridized carbons (Fsp3) is 0.400. The topological polar surface area (TPSA) is 31.0 Å². The third kappa shape index (κ3) is 3.14. The summed E-state index contributed by atoms with van der Waals surface area (Å²) in [7, 11) is 0. The zero-order valence-corrected chi connectivity index (χ0v) is 7.31. The fourth-order valence-electron chi connectivity index (χ4n) is 0.972. The van der Waals surface area contributed by atoms with E-state index in [1.807, 2.05) is 30.3 Å². The Bertz CT molecular complexity index is 244. The lowest BCUT2D eigenvalue weighted by molar-refractivity contribution is -0.305. The van der Waals surface area contributed by atoms with Gasteiger partial charge in [0.05, 0.1) is 6.61 Å². The zero-order chi connectivity index (χ0) is 8.93. The highest BCUT2D eigenvalue weighted by molar-refractivity contribution is 5.13. The van der Waals surface area contributed by atoms with Gasteiger partial charge in [0.25, 0.3) is 0 Å². The largest absolute Gasteiger partial charge is 0.370 e. The van der Waals surface area contributed by atoms with Gasteiger partial charge in [-0.1, -0.05) is 30.3 Å². The molecule has 0 amide bonds. The van der Waals surface area contributed by atoms with Gasteiger partial charge in [0.1, 0.15) is 19.3 Å². The van der Waals surface area contributed by atoms with Crippen molar-refractivity contribution < 1.29 is 14.5 Å². The van der Waals surface area contributed by atoms with Crippen molar-refractivity contribution in [1.29, 1.82) is 0 Å². The first-order valence-corrected chi connectivity index (χ1v) is 4.35. The average molecular weight is 180 g/mol. The first-order valence-electron chi connectivity index (χ1n) is 4.35. The quantitative estimate of drug-likeness (QED) is 0.298. The summed E-state index contributed by atoms with van der Waals surface area (Å²) in [6.07, 6.45) is 0.260. The predicted molar refractivity (Wildman–Crippen MR) is 46.9 cm³/mol. The molecule has 1 aromatic rings. The summed E-state index contributed by atoms with van der Waals surface area (Å²) in [6.45, 7) is 1.83. The van der Waals surface area contributed by atoms with Crippen LogP contribution in [0.15, 0.2) is 30.3 Å². The lowest BCUT2D eigenvalue weighted by Gasteiger charge is -2.01. The van der Waals surface area contributed by atoms with Crippen molar-refractivity contribution in [3.05, 3.63) is 35.9 Å². The Labute approximate surface area is 77.2 Å². The summed E-state index contributed by atoms with van der Waals surface area (Å²) in [5.41, 5.74) is 1.11. The third-order valence-electron chi connectivity index (χ3n) is 1.81. The molecule has 0 spiro atoms. The molecule has 70 valence electrons. The predicted octanol–water partition coefficient (Wildman–Crippen LogP) is 1.53. The summed E-state index contributed by atoms with van der Waals surface area (Å²) in [4.78, 5) is 9.93. The third-order valence-corrected chi connectivity index (χ3v) is 1.81. The van der Waals surface area contributed by atoms with Gasteiger partial charge < -0.3 is 4.74 Å². The van der Waals surface area contributed by atoms with Crippen LogP contribution in [-0.4, -0.2) is 19.3 Å². The molecule has 3 heteroatoms. The molecule has 13 heavy (non-hydrogen) atoms. The second-order valence-electron chi connectivity index (χ2n) is 2.99. The molecule has 1 unspecified atom stereocenters. The highest BCUT2D eigenvalue weighted by atomic mass is 17.2. The van der Waals surface area contributed by atoms with Crippen LogP contribution >= 0.6 is 0 Å². The minimum atomic E-state index is 0.260. The maximum atomic E-state index is 4.99. The van der Waals surface area contributed by atoms with Gasteiger partial charge in [-0.15, -0.1) is 0 Å². The monoisotopic (exact) mass is 180 g/mol. The molecule has 0 aromatic heterocycles. The number of epoxide rings is 1. The minimum Gasteiger partial charge on any atom is -0.370 e. The molecular formula is C10H12O3. The number of benzene rings is 1. The van der Waals surface area contributed by atoms with Crippen LogP contribution in [0.1, 0.15) is 5.56 Å². The van der Waals surface area contributed by atoms with Crippen LogP contribution in [0, 0.1) is 0 Å². The summed E-state index contributed by atoms with van der Waals surface area (Å²) < 4.78 is 4.96. The van der Waals surface area contributed by atoms with E-state index in [2.05, 4.69) is 0 Å². The van der Waals surface area contributed by atoms with Gasteiger partial charge in [0.2, 0.25) is 0 Å². The first kappa shape index (κ1) is 8.69. The van der Waals surface area contributed by atoms with Crippen LogP contribution in [0.2, 0.25) is 0 Å². The van der Waals surface area contributed by atoms with Gasteiger partial charge in [0.15, 0.2) is 0 Å². The van der Waals surface area contributed by atoms with Crippen molar-refractivity contribution in [2.45, 2.75) is 12.7 Å². The van der Waals surface area contributed by atoms with Crippen molar-refractivity contribution in [3.63, 3.8) is 0 Å². The lowest BCUT2D eigenvalue weighted by atomic mass is 10.2. The van der Waals surface area contributed by atoms with Gasteiger partial charge in [-0.25, -0.2) is 9.78 Å². The Morgan fingerprint density at radius 2 is 2.00 bits per heavy atom. The normalized spacial score (nSPS) is 20.2. The van der Waals surface area contributed by atoms with Crippen LogP contribution < -0.4 is 0 Å². The number of hydrogen-bond acceptors (Lipinski definition) is 3. The molecule has 2 rings (SSSR count). The van der Waals surface area contributed by atoms with Gasteiger partial charge in [-0.3, -0.25) is 0 Å². The molecule has 1 atom stereocenters. The Morgan fingerprint density at radius 3 is 2.69 bits per heavy atom. The standard InChI is InChI=1S/C10H12O3/c1-2-4-9(5-3-1)6-12-13-8-10-7-11-10/h1-5,10H,6-8H2. The van der Waals surface area contributed by atoms with E-state index in [-0.39, 0.29) is 6.10 Å². The number of ether oxygens (including phenoxy) is 1. The molecule has 0 radical (unpaired) electrons. The van der Waals surface area contributed by atoms with Crippen LogP contribution in [0.25, 0.3) is 0 Å². The molecule has 1 heterocycles. The van der Waals surface area contributed by atoms with Gasteiger partial charge in [0, 0.05) is 0 Å². The number of hydrogen-bond donors (Lipinski definition) is 0. The second-order valence-corrected chi connectivity index (χ2v) is 2.99. The fourth-order valence-corrected chi connectivity index (χ4v) is 0.972. The molecule has 1 aromatic carbocycles. The SMILES string of the molecule is c1ccc(COOCC2CO2)cc1. The van der Waals surface area contributed by atoms with Crippen LogP contribution in [0.4, 0.5) is 0 Å². The Morgan fingerprint density at radius 1 is 1.23 bits per heavy atom. The van der Waals surface area contributed by atoms with E-state index in [1.54, 1.807) is 0 Å². The lowest BCUT2D eigenvalue weighted by Crippen LogP contribution is -2.02. The van der Waals surface area contributed by atoms with E-state index in [0.717, 1.165) is 12.2 Å². The summed E-state index contributed by atoms with van der Waals surface area (Å²) >= 11 is 0. The smallest absolute Gasteiger partial charge is 0.111 e. The molecule has 0 saturated carbocycles. The molecular weight excluding hydrogens is 168 g/mol. The van der Waals surface area contributed by atoms with E-state index in [4.69, 9.17) is 14.5 Å². The van der Waals surface area contributed by atoms with Crippen LogP contribution in [0.3, 0.4) is 0 Å². The van der Waals surface area contributed by atoms with E-state index in [1.165, 1.54) is 0 Å². The van der Waals surface area contributed by atoms with E-state index >= 15 is 0 Å².